The van der Waals surface area contributed by atoms with Crippen LogP contribution < -0.4 is 0 Å². The number of unbranched alkanes of at least 4 members (excludes halogenated alkanes) is 19. The lowest BCUT2D eigenvalue weighted by Gasteiger charge is -2.18. The van der Waals surface area contributed by atoms with Gasteiger partial charge in [-0.15, -0.1) is 0 Å². The second-order valence-electron chi connectivity index (χ2n) is 15.8. The summed E-state index contributed by atoms with van der Waals surface area (Å²) in [5, 5.41) is 0. The van der Waals surface area contributed by atoms with Crippen molar-refractivity contribution in [3.05, 3.63) is 109 Å². The van der Waals surface area contributed by atoms with Crippen LogP contribution in [-0.2, 0) is 28.6 Å². The Morgan fingerprint density at radius 1 is 0.344 bits per heavy atom. The largest absolute Gasteiger partial charge is 0.462 e. The van der Waals surface area contributed by atoms with Crippen molar-refractivity contribution in [3.8, 4) is 0 Å². The SMILES string of the molecule is CC\C=C/C=C\C=C/C=C\C=C/CCCCCC(=O)OCC(COC(=O)CCCCC/C=C\CCCCCCCC)OC(=O)CCCCCCCCC\C=C/C=C\C=C/CC. The van der Waals surface area contributed by atoms with Crippen LogP contribution in [0.3, 0.4) is 0 Å². The van der Waals surface area contributed by atoms with Crippen LogP contribution in [0.5, 0.6) is 0 Å². The maximum Gasteiger partial charge on any atom is 0.306 e. The van der Waals surface area contributed by atoms with Gasteiger partial charge in [0.15, 0.2) is 6.10 Å². The van der Waals surface area contributed by atoms with E-state index in [-0.39, 0.29) is 31.1 Å². The second-order valence-corrected chi connectivity index (χ2v) is 15.8. The van der Waals surface area contributed by atoms with Gasteiger partial charge in [-0.25, -0.2) is 0 Å². The molecular formula is C55H88O6. The first-order valence-electron chi connectivity index (χ1n) is 24.5. The zero-order valence-electron chi connectivity index (χ0n) is 39.1. The highest BCUT2D eigenvalue weighted by molar-refractivity contribution is 5.71. The molecule has 1 unspecified atom stereocenters. The summed E-state index contributed by atoms with van der Waals surface area (Å²) in [5.41, 5.74) is 0. The van der Waals surface area contributed by atoms with Crippen LogP contribution in [0.15, 0.2) is 109 Å². The number of rotatable bonds is 42. The highest BCUT2D eigenvalue weighted by Gasteiger charge is 2.19. The third-order valence-electron chi connectivity index (χ3n) is 9.93. The summed E-state index contributed by atoms with van der Waals surface area (Å²) in [5.74, 6) is -0.985. The molecule has 0 fully saturated rings. The van der Waals surface area contributed by atoms with Gasteiger partial charge in [0.2, 0.25) is 0 Å². The summed E-state index contributed by atoms with van der Waals surface area (Å²) in [7, 11) is 0. The summed E-state index contributed by atoms with van der Waals surface area (Å²) < 4.78 is 16.7. The third-order valence-corrected chi connectivity index (χ3v) is 9.93. The Balaban J connectivity index is 4.53. The van der Waals surface area contributed by atoms with Crippen LogP contribution >= 0.6 is 0 Å². The van der Waals surface area contributed by atoms with Crippen molar-refractivity contribution < 1.29 is 28.6 Å². The van der Waals surface area contributed by atoms with Gasteiger partial charge in [0.05, 0.1) is 0 Å². The van der Waals surface area contributed by atoms with Crippen molar-refractivity contribution in [3.63, 3.8) is 0 Å². The van der Waals surface area contributed by atoms with E-state index in [9.17, 15) is 14.4 Å². The number of hydrogen-bond acceptors (Lipinski definition) is 6. The highest BCUT2D eigenvalue weighted by atomic mass is 16.6. The fraction of sp³-hybridized carbons (Fsp3) is 0.618. The molecule has 0 aromatic heterocycles. The first-order valence-corrected chi connectivity index (χ1v) is 24.5. The maximum atomic E-state index is 12.8. The van der Waals surface area contributed by atoms with Gasteiger partial charge in [0.25, 0.3) is 0 Å². The first-order chi connectivity index (χ1) is 30.0. The molecule has 0 radical (unpaired) electrons. The molecule has 0 saturated heterocycles. The van der Waals surface area contributed by atoms with Crippen LogP contribution in [0.1, 0.15) is 201 Å². The van der Waals surface area contributed by atoms with Gasteiger partial charge < -0.3 is 14.2 Å². The first kappa shape index (κ1) is 57.1. The van der Waals surface area contributed by atoms with E-state index in [0.717, 1.165) is 103 Å². The van der Waals surface area contributed by atoms with Crippen LogP contribution in [-0.4, -0.2) is 37.2 Å². The number of carbonyl (C=O) groups is 3. The van der Waals surface area contributed by atoms with E-state index < -0.39 is 6.10 Å². The fourth-order valence-corrected chi connectivity index (χ4v) is 6.28. The van der Waals surface area contributed by atoms with E-state index in [4.69, 9.17) is 14.2 Å². The molecule has 0 aliphatic carbocycles. The lowest BCUT2D eigenvalue weighted by Crippen LogP contribution is -2.30. The highest BCUT2D eigenvalue weighted by Crippen LogP contribution is 2.13. The number of carbonyl (C=O) groups excluding carboxylic acids is 3. The molecular weight excluding hydrogens is 757 g/mol. The van der Waals surface area contributed by atoms with E-state index in [1.807, 2.05) is 48.6 Å². The minimum atomic E-state index is -0.809. The number of ether oxygens (including phenoxy) is 3. The number of esters is 3. The fourth-order valence-electron chi connectivity index (χ4n) is 6.28. The van der Waals surface area contributed by atoms with Crippen LogP contribution in [0.4, 0.5) is 0 Å². The molecule has 0 aliphatic heterocycles. The minimum absolute atomic E-state index is 0.107. The minimum Gasteiger partial charge on any atom is -0.462 e. The van der Waals surface area contributed by atoms with Gasteiger partial charge in [-0.05, 0) is 83.5 Å². The lowest BCUT2D eigenvalue weighted by atomic mass is 10.1. The van der Waals surface area contributed by atoms with Gasteiger partial charge in [-0.1, -0.05) is 207 Å². The Hall–Kier alpha value is -3.93. The van der Waals surface area contributed by atoms with Crippen molar-refractivity contribution in [1.29, 1.82) is 0 Å². The molecule has 0 bridgehead atoms. The molecule has 0 aromatic carbocycles. The molecule has 0 rings (SSSR count). The Labute approximate surface area is 374 Å². The Bertz CT molecular complexity index is 1290. The molecule has 6 nitrogen and oxygen atoms in total. The van der Waals surface area contributed by atoms with Crippen molar-refractivity contribution in [2.24, 2.45) is 0 Å². The van der Waals surface area contributed by atoms with Gasteiger partial charge in [-0.2, -0.15) is 0 Å². The van der Waals surface area contributed by atoms with Gasteiger partial charge >= 0.3 is 17.9 Å². The molecule has 0 aromatic rings. The Morgan fingerprint density at radius 2 is 0.656 bits per heavy atom. The van der Waals surface area contributed by atoms with E-state index in [1.54, 1.807) is 0 Å². The molecule has 6 heteroatoms. The molecule has 1 atom stereocenters. The topological polar surface area (TPSA) is 78.9 Å². The summed E-state index contributed by atoms with van der Waals surface area (Å²) in [4.78, 5) is 37.9. The molecule has 0 spiro atoms. The summed E-state index contributed by atoms with van der Waals surface area (Å²) >= 11 is 0. The van der Waals surface area contributed by atoms with Crippen molar-refractivity contribution in [1.82, 2.24) is 0 Å². The van der Waals surface area contributed by atoms with E-state index in [0.29, 0.717) is 19.3 Å². The molecule has 0 N–H and O–H groups in total. The molecule has 344 valence electrons. The lowest BCUT2D eigenvalue weighted by molar-refractivity contribution is -0.167. The van der Waals surface area contributed by atoms with Gasteiger partial charge in [-0.3, -0.25) is 14.4 Å². The van der Waals surface area contributed by atoms with Crippen molar-refractivity contribution in [2.75, 3.05) is 13.2 Å². The van der Waals surface area contributed by atoms with E-state index in [2.05, 4.69) is 81.5 Å². The predicted molar refractivity (Wildman–Crippen MR) is 260 cm³/mol. The summed E-state index contributed by atoms with van der Waals surface area (Å²) in [6, 6.07) is 0. The average Bonchev–Trinajstić information content (AvgIpc) is 3.26. The maximum absolute atomic E-state index is 12.8. The number of allylic oxidation sites excluding steroid dienone is 18. The van der Waals surface area contributed by atoms with Crippen molar-refractivity contribution in [2.45, 2.75) is 207 Å². The van der Waals surface area contributed by atoms with Gasteiger partial charge in [0, 0.05) is 19.3 Å². The predicted octanol–water partition coefficient (Wildman–Crippen LogP) is 16.0. The summed E-state index contributed by atoms with van der Waals surface area (Å²) in [6.45, 7) is 6.27. The van der Waals surface area contributed by atoms with Crippen LogP contribution in [0.2, 0.25) is 0 Å². The van der Waals surface area contributed by atoms with Crippen molar-refractivity contribution >= 4 is 17.9 Å². The van der Waals surface area contributed by atoms with E-state index in [1.165, 1.54) is 57.8 Å². The average molecular weight is 845 g/mol. The van der Waals surface area contributed by atoms with Crippen LogP contribution in [0.25, 0.3) is 0 Å². The molecule has 0 heterocycles. The standard InChI is InChI=1S/C55H88O6/c1-4-7-10-13-16-19-22-25-27-30-33-36-39-42-45-48-54(57)60-51-52(50-59-53(56)47-44-41-38-35-32-29-24-21-18-15-12-9-6-3)61-55(58)49-46-43-40-37-34-31-28-26-23-20-17-14-11-8-5-2/h7-8,10-11,13-14,16-17,19-20,22-23,25,27,29-30,32-33,52H,4-6,9,12,15,18,21,24,26,28,31,34-51H2,1-3H3/b10-7-,11-8-,16-13-,17-14-,22-19-,23-20-,27-25-,32-29-,33-30-. The molecule has 61 heavy (non-hydrogen) atoms. The Kier molecular flexibility index (Phi) is 45.6. The normalized spacial score (nSPS) is 13.0. The molecule has 0 saturated carbocycles. The number of hydrogen-bond donors (Lipinski definition) is 0. The quantitative estimate of drug-likeness (QED) is 0.0200. The molecule has 0 amide bonds. The zero-order chi connectivity index (χ0) is 44.4. The summed E-state index contributed by atoms with van der Waals surface area (Å²) in [6.07, 6.45) is 64.9. The smallest absolute Gasteiger partial charge is 0.306 e. The Morgan fingerprint density at radius 3 is 1.07 bits per heavy atom. The van der Waals surface area contributed by atoms with E-state index >= 15 is 0 Å². The second kappa shape index (κ2) is 48.7. The monoisotopic (exact) mass is 845 g/mol. The third kappa shape index (κ3) is 47.0. The molecule has 0 aliphatic rings. The zero-order valence-corrected chi connectivity index (χ0v) is 39.1. The van der Waals surface area contributed by atoms with Crippen LogP contribution in [0, 0.1) is 0 Å². The van der Waals surface area contributed by atoms with Gasteiger partial charge in [0.1, 0.15) is 13.2 Å².